The van der Waals surface area contributed by atoms with Gasteiger partial charge in [-0.1, -0.05) is 35.5 Å². The van der Waals surface area contributed by atoms with E-state index in [0.29, 0.717) is 24.7 Å². The van der Waals surface area contributed by atoms with Crippen LogP contribution in [0.1, 0.15) is 37.2 Å². The van der Waals surface area contributed by atoms with E-state index < -0.39 is 0 Å². The van der Waals surface area contributed by atoms with Gasteiger partial charge in [0, 0.05) is 18.0 Å². The monoisotopic (exact) mass is 352 g/mol. The molecule has 0 aliphatic carbocycles. The van der Waals surface area contributed by atoms with Gasteiger partial charge in [-0.25, -0.2) is 9.78 Å². The number of aromatic nitrogens is 4. The number of hydrogen-bond donors (Lipinski definition) is 2. The molecule has 2 aromatic heterocycles. The quantitative estimate of drug-likeness (QED) is 0.755. The number of nitrogens with zero attached hydrogens (tertiary/aromatic N) is 4. The summed E-state index contributed by atoms with van der Waals surface area (Å²) in [6.45, 7) is 4.28. The number of hydrogen-bond acceptors (Lipinski definition) is 5. The molecule has 3 aromatic rings. The minimum atomic E-state index is -0.352. The van der Waals surface area contributed by atoms with Crippen molar-refractivity contribution in [2.24, 2.45) is 0 Å². The standard InChI is InChI=1S/C18H20N6O2/c1-11(2)21-18(25)24-9-14-13(19-10-20-14)8-15(24)17-22-16(23-26-17)12-6-4-3-5-7-12/h3-7,10-11,15H,8-9H2,1-2H3,(H,19,20)(H,21,25). The van der Waals surface area contributed by atoms with Crippen LogP contribution in [-0.2, 0) is 13.0 Å². The van der Waals surface area contributed by atoms with Crippen LogP contribution in [0.5, 0.6) is 0 Å². The number of carbonyl (C=O) groups is 1. The van der Waals surface area contributed by atoms with E-state index in [1.54, 1.807) is 11.2 Å². The molecule has 8 nitrogen and oxygen atoms in total. The van der Waals surface area contributed by atoms with E-state index >= 15 is 0 Å². The molecule has 3 heterocycles. The molecule has 1 aliphatic rings. The van der Waals surface area contributed by atoms with Gasteiger partial charge in [0.15, 0.2) is 0 Å². The number of aromatic amines is 1. The van der Waals surface area contributed by atoms with Gasteiger partial charge in [0.1, 0.15) is 6.04 Å². The molecule has 0 spiro atoms. The fourth-order valence-corrected chi connectivity index (χ4v) is 3.07. The summed E-state index contributed by atoms with van der Waals surface area (Å²) in [5.41, 5.74) is 2.72. The van der Waals surface area contributed by atoms with Gasteiger partial charge in [0.2, 0.25) is 11.7 Å². The molecule has 4 rings (SSSR count). The molecule has 0 fully saturated rings. The van der Waals surface area contributed by atoms with Crippen molar-refractivity contribution in [3.8, 4) is 11.4 Å². The van der Waals surface area contributed by atoms with Crippen molar-refractivity contribution in [1.29, 1.82) is 0 Å². The molecule has 1 aromatic carbocycles. The summed E-state index contributed by atoms with van der Waals surface area (Å²) in [6, 6.07) is 9.14. The lowest BCUT2D eigenvalue weighted by Gasteiger charge is -2.33. The summed E-state index contributed by atoms with van der Waals surface area (Å²) in [5.74, 6) is 0.925. The highest BCUT2D eigenvalue weighted by Gasteiger charge is 2.36. The number of fused-ring (bicyclic) bond motifs is 1. The second-order valence-electron chi connectivity index (χ2n) is 6.60. The fourth-order valence-electron chi connectivity index (χ4n) is 3.07. The predicted octanol–water partition coefficient (Wildman–Crippen LogP) is 2.68. The first-order chi connectivity index (χ1) is 12.6. The van der Waals surface area contributed by atoms with Crippen LogP contribution in [0.4, 0.5) is 4.79 Å². The molecule has 1 atom stereocenters. The second kappa shape index (κ2) is 6.62. The molecule has 0 saturated heterocycles. The van der Waals surface area contributed by atoms with Crippen molar-refractivity contribution in [3.63, 3.8) is 0 Å². The minimum Gasteiger partial charge on any atom is -0.347 e. The average molecular weight is 352 g/mol. The summed E-state index contributed by atoms with van der Waals surface area (Å²) in [5, 5.41) is 7.02. The maximum atomic E-state index is 12.7. The van der Waals surface area contributed by atoms with E-state index in [1.807, 2.05) is 44.2 Å². The Morgan fingerprint density at radius 1 is 1.35 bits per heavy atom. The van der Waals surface area contributed by atoms with Crippen LogP contribution in [0.15, 0.2) is 41.2 Å². The van der Waals surface area contributed by atoms with Gasteiger partial charge < -0.3 is 19.7 Å². The van der Waals surface area contributed by atoms with Gasteiger partial charge >= 0.3 is 6.03 Å². The molecule has 2 N–H and O–H groups in total. The molecule has 26 heavy (non-hydrogen) atoms. The Bertz CT molecular complexity index is 901. The van der Waals surface area contributed by atoms with E-state index in [0.717, 1.165) is 17.0 Å². The molecule has 1 aliphatic heterocycles. The molecule has 0 saturated carbocycles. The summed E-state index contributed by atoms with van der Waals surface area (Å²) in [6.07, 6.45) is 2.18. The Kier molecular flexibility index (Phi) is 4.16. The second-order valence-corrected chi connectivity index (χ2v) is 6.60. The Morgan fingerprint density at radius 3 is 2.92 bits per heavy atom. The van der Waals surface area contributed by atoms with Gasteiger partial charge in [-0.05, 0) is 13.8 Å². The summed E-state index contributed by atoms with van der Waals surface area (Å²) in [7, 11) is 0. The molecule has 1 unspecified atom stereocenters. The van der Waals surface area contributed by atoms with Crippen molar-refractivity contribution in [2.75, 3.05) is 0 Å². The van der Waals surface area contributed by atoms with Gasteiger partial charge in [0.25, 0.3) is 0 Å². The number of imidazole rings is 1. The molecular formula is C18H20N6O2. The summed E-state index contributed by atoms with van der Waals surface area (Å²) < 4.78 is 5.51. The Labute approximate surface area is 150 Å². The van der Waals surface area contributed by atoms with Crippen LogP contribution in [0, 0.1) is 0 Å². The van der Waals surface area contributed by atoms with E-state index in [9.17, 15) is 4.79 Å². The van der Waals surface area contributed by atoms with Crippen molar-refractivity contribution >= 4 is 6.03 Å². The summed E-state index contributed by atoms with van der Waals surface area (Å²) in [4.78, 5) is 26.4. The third kappa shape index (κ3) is 3.05. The first kappa shape index (κ1) is 16.3. The van der Waals surface area contributed by atoms with Crippen LogP contribution in [0.2, 0.25) is 0 Å². The number of nitrogens with one attached hydrogen (secondary N) is 2. The lowest BCUT2D eigenvalue weighted by molar-refractivity contribution is 0.142. The number of rotatable bonds is 3. The Morgan fingerprint density at radius 2 is 2.15 bits per heavy atom. The van der Waals surface area contributed by atoms with E-state index in [2.05, 4.69) is 25.4 Å². The number of H-pyrrole nitrogens is 1. The lowest BCUT2D eigenvalue weighted by atomic mass is 10.0. The first-order valence-electron chi connectivity index (χ1n) is 8.59. The molecule has 134 valence electrons. The smallest absolute Gasteiger partial charge is 0.318 e. The van der Waals surface area contributed by atoms with Crippen molar-refractivity contribution in [1.82, 2.24) is 30.3 Å². The summed E-state index contributed by atoms with van der Waals surface area (Å²) >= 11 is 0. The SMILES string of the molecule is CC(C)NC(=O)N1Cc2[nH]cnc2CC1c1nc(-c2ccccc2)no1. The molecule has 8 heteroatoms. The number of carbonyl (C=O) groups excluding carboxylic acids is 1. The normalized spacial score (nSPS) is 16.6. The molecule has 0 radical (unpaired) electrons. The van der Waals surface area contributed by atoms with Crippen LogP contribution >= 0.6 is 0 Å². The van der Waals surface area contributed by atoms with Crippen molar-refractivity contribution in [3.05, 3.63) is 53.9 Å². The maximum Gasteiger partial charge on any atom is 0.318 e. The van der Waals surface area contributed by atoms with Crippen LogP contribution in [-0.4, -0.2) is 37.1 Å². The highest BCUT2D eigenvalue weighted by Crippen LogP contribution is 2.32. The van der Waals surface area contributed by atoms with Gasteiger partial charge in [0.05, 0.1) is 24.3 Å². The molecule has 2 amide bonds. The van der Waals surface area contributed by atoms with Crippen molar-refractivity contribution < 1.29 is 9.32 Å². The number of benzene rings is 1. The topological polar surface area (TPSA) is 99.9 Å². The predicted molar refractivity (Wildman–Crippen MR) is 94.0 cm³/mol. The third-order valence-corrected chi connectivity index (χ3v) is 4.33. The number of urea groups is 1. The zero-order valence-electron chi connectivity index (χ0n) is 14.6. The molecular weight excluding hydrogens is 332 g/mol. The Hall–Kier alpha value is -3.16. The highest BCUT2D eigenvalue weighted by molar-refractivity contribution is 5.75. The van der Waals surface area contributed by atoms with E-state index in [4.69, 9.17) is 4.52 Å². The number of amides is 2. The minimum absolute atomic E-state index is 0.0360. The lowest BCUT2D eigenvalue weighted by Crippen LogP contribution is -2.46. The van der Waals surface area contributed by atoms with E-state index in [1.165, 1.54) is 0 Å². The van der Waals surface area contributed by atoms with Crippen LogP contribution < -0.4 is 5.32 Å². The van der Waals surface area contributed by atoms with Crippen LogP contribution in [0.3, 0.4) is 0 Å². The zero-order valence-corrected chi connectivity index (χ0v) is 14.6. The van der Waals surface area contributed by atoms with E-state index in [-0.39, 0.29) is 18.1 Å². The first-order valence-corrected chi connectivity index (χ1v) is 8.59. The third-order valence-electron chi connectivity index (χ3n) is 4.33. The Balaban J connectivity index is 1.66. The highest BCUT2D eigenvalue weighted by atomic mass is 16.5. The largest absolute Gasteiger partial charge is 0.347 e. The molecule has 0 bridgehead atoms. The van der Waals surface area contributed by atoms with Gasteiger partial charge in [-0.2, -0.15) is 4.98 Å². The zero-order chi connectivity index (χ0) is 18.1. The maximum absolute atomic E-state index is 12.7. The fraction of sp³-hybridized carbons (Fsp3) is 0.333. The average Bonchev–Trinajstić information content (AvgIpc) is 3.29. The van der Waals surface area contributed by atoms with Gasteiger partial charge in [-0.15, -0.1) is 0 Å². The van der Waals surface area contributed by atoms with Gasteiger partial charge in [-0.3, -0.25) is 0 Å². The van der Waals surface area contributed by atoms with Crippen LogP contribution in [0.25, 0.3) is 11.4 Å². The van der Waals surface area contributed by atoms with Crippen molar-refractivity contribution in [2.45, 2.75) is 38.9 Å².